The number of thiophene rings is 2. The zero-order valence-corrected chi connectivity index (χ0v) is 23.8. The Hall–Kier alpha value is -1.25. The van der Waals surface area contributed by atoms with Crippen LogP contribution in [0.5, 0.6) is 0 Å². The highest BCUT2D eigenvalue weighted by Gasteiger charge is 2.87. The number of hydrogen-bond acceptors (Lipinski definition) is 6. The molecule has 0 spiro atoms. The van der Waals surface area contributed by atoms with Gasteiger partial charge in [-0.25, -0.2) is 4.79 Å². The number of hydrogen-bond donors (Lipinski definition) is 0. The number of likely N-dealkylation sites (N-methyl/N-ethyl adjacent to an activating group) is 1. The molecule has 0 amide bonds. The van der Waals surface area contributed by atoms with Crippen molar-refractivity contribution in [2.45, 2.75) is 109 Å². The number of ether oxygens (including phenoxy) is 3. The minimum atomic E-state index is -2.71. The number of epoxide rings is 1. The van der Waals surface area contributed by atoms with Gasteiger partial charge < -0.3 is 18.7 Å². The van der Waals surface area contributed by atoms with Crippen molar-refractivity contribution >= 4 is 28.6 Å². The standard InChI is InChI=1S/C28H40NO4S2/c1-10-29(16(2)3)21-13-20(14-22(29)27(8)26(21,7)33-27)32-25(30)28(31-9,23-17(4)11-12-34-23)24-19(6)18(5)15-35-24/h11-12,15-16,20-22H,10,13-14H2,1-9H3/q+1/i13D2,20D,21D,22D. The Morgan fingerprint density at radius 3 is 2.46 bits per heavy atom. The molecule has 0 saturated carbocycles. The van der Waals surface area contributed by atoms with Crippen LogP contribution in [0.15, 0.2) is 16.8 Å². The molecule has 5 rings (SSSR count). The van der Waals surface area contributed by atoms with Crippen LogP contribution in [0.2, 0.25) is 0 Å². The van der Waals surface area contributed by atoms with Gasteiger partial charge in [-0.15, -0.1) is 22.7 Å². The third-order valence-electron chi connectivity index (χ3n) is 8.72. The van der Waals surface area contributed by atoms with Crippen molar-refractivity contribution in [3.8, 4) is 0 Å². The second kappa shape index (κ2) is 8.12. The van der Waals surface area contributed by atoms with Crippen LogP contribution in [0, 0.1) is 20.8 Å². The molecule has 5 nitrogen and oxygen atoms in total. The van der Waals surface area contributed by atoms with Gasteiger partial charge in [-0.2, -0.15) is 0 Å². The van der Waals surface area contributed by atoms with Gasteiger partial charge in [-0.1, -0.05) is 0 Å². The zero-order valence-electron chi connectivity index (χ0n) is 27.1. The highest BCUT2D eigenvalue weighted by Crippen LogP contribution is 2.68. The Labute approximate surface area is 225 Å². The molecule has 2 aromatic heterocycles. The third-order valence-corrected chi connectivity index (χ3v) is 11.1. The van der Waals surface area contributed by atoms with Gasteiger partial charge in [0, 0.05) is 22.6 Å². The molecule has 7 heteroatoms. The van der Waals surface area contributed by atoms with Gasteiger partial charge >= 0.3 is 5.97 Å². The minimum Gasteiger partial charge on any atom is -0.459 e. The zero-order chi connectivity index (χ0) is 30.1. The van der Waals surface area contributed by atoms with E-state index in [9.17, 15) is 11.6 Å². The fourth-order valence-electron chi connectivity index (χ4n) is 6.41. The quantitative estimate of drug-likeness (QED) is 0.259. The van der Waals surface area contributed by atoms with E-state index in [-0.39, 0.29) is 10.5 Å². The van der Waals surface area contributed by atoms with Crippen LogP contribution in [0.1, 0.15) is 80.7 Å². The lowest BCUT2D eigenvalue weighted by atomic mass is 9.89. The number of nitrogens with zero attached hydrogens (tertiary/aromatic N) is 1. The second-order valence-corrected chi connectivity index (χ2v) is 12.3. The molecule has 0 aromatic carbocycles. The molecule has 2 aromatic rings. The number of carbonyl (C=O) groups is 1. The summed E-state index contributed by atoms with van der Waals surface area (Å²) < 4.78 is 66.4. The van der Waals surface area contributed by atoms with Gasteiger partial charge in [0.1, 0.15) is 18.1 Å². The molecule has 192 valence electrons. The third kappa shape index (κ3) is 3.05. The van der Waals surface area contributed by atoms with Gasteiger partial charge in [-0.05, 0) is 88.9 Å². The van der Waals surface area contributed by atoms with E-state index in [2.05, 4.69) is 0 Å². The number of fused-ring (bicyclic) bond motifs is 5. The van der Waals surface area contributed by atoms with Crippen LogP contribution in [0.3, 0.4) is 0 Å². The summed E-state index contributed by atoms with van der Waals surface area (Å²) in [6.45, 7) is 15.1. The fourth-order valence-corrected chi connectivity index (χ4v) is 8.82. The number of carbonyl (C=O) groups excluding carboxylic acids is 1. The number of rotatable bonds is 7. The summed E-state index contributed by atoms with van der Waals surface area (Å²) in [5, 5.41) is 3.79. The van der Waals surface area contributed by atoms with Crippen LogP contribution >= 0.6 is 22.7 Å². The van der Waals surface area contributed by atoms with Crippen molar-refractivity contribution in [2.24, 2.45) is 0 Å². The van der Waals surface area contributed by atoms with E-state index in [1.54, 1.807) is 13.8 Å². The molecule has 35 heavy (non-hydrogen) atoms. The first-order valence-corrected chi connectivity index (χ1v) is 14.0. The van der Waals surface area contributed by atoms with E-state index in [1.165, 1.54) is 29.8 Å². The highest BCUT2D eigenvalue weighted by molar-refractivity contribution is 7.12. The van der Waals surface area contributed by atoms with Crippen LogP contribution in [-0.2, 0) is 24.6 Å². The predicted octanol–water partition coefficient (Wildman–Crippen LogP) is 5.87. The summed E-state index contributed by atoms with van der Waals surface area (Å²) >= 11 is 2.70. The van der Waals surface area contributed by atoms with Crippen LogP contribution in [0.25, 0.3) is 0 Å². The Morgan fingerprint density at radius 1 is 1.26 bits per heavy atom. The first-order valence-electron chi connectivity index (χ1n) is 14.8. The molecule has 0 radical (unpaired) electrons. The van der Waals surface area contributed by atoms with Crippen molar-refractivity contribution in [3.05, 3.63) is 43.3 Å². The second-order valence-electron chi connectivity index (χ2n) is 10.5. The molecule has 0 aliphatic carbocycles. The first-order chi connectivity index (χ1) is 18.3. The maximum Gasteiger partial charge on any atom is 0.349 e. The average molecular weight is 524 g/mol. The first kappa shape index (κ1) is 19.8. The molecular formula is C28H40NO4S2+. The van der Waals surface area contributed by atoms with Crippen molar-refractivity contribution in [3.63, 3.8) is 0 Å². The number of quaternary nitrogens is 1. The van der Waals surface area contributed by atoms with E-state index in [1.807, 2.05) is 58.4 Å². The van der Waals surface area contributed by atoms with E-state index >= 15 is 0 Å². The molecular weight excluding hydrogens is 478 g/mol. The Bertz CT molecular complexity index is 1400. The average Bonchev–Trinajstić information content (AvgIpc) is 3.09. The monoisotopic (exact) mass is 523 g/mol. The highest BCUT2D eigenvalue weighted by atomic mass is 32.1. The maximum atomic E-state index is 14.6. The summed E-state index contributed by atoms with van der Waals surface area (Å²) in [5.41, 5.74) is -1.64. The predicted molar refractivity (Wildman–Crippen MR) is 141 cm³/mol. The summed E-state index contributed by atoms with van der Waals surface area (Å²) in [4.78, 5) is 15.8. The van der Waals surface area contributed by atoms with Gasteiger partial charge in [0.2, 0.25) is 5.60 Å². The molecule has 7 atom stereocenters. The molecule has 7 unspecified atom stereocenters. The number of aryl methyl sites for hydroxylation is 2. The van der Waals surface area contributed by atoms with E-state index < -0.39 is 53.7 Å². The van der Waals surface area contributed by atoms with Gasteiger partial charge in [0.05, 0.1) is 26.5 Å². The lowest BCUT2D eigenvalue weighted by Crippen LogP contribution is -2.69. The molecule has 5 heterocycles. The molecule has 2 bridgehead atoms. The summed E-state index contributed by atoms with van der Waals surface area (Å²) in [6.07, 6.45) is -5.73. The lowest BCUT2D eigenvalue weighted by Gasteiger charge is -2.54. The minimum absolute atomic E-state index is 0.221. The fraction of sp³-hybridized carbons (Fsp3) is 0.679. The van der Waals surface area contributed by atoms with Gasteiger partial charge in [0.25, 0.3) is 0 Å². The van der Waals surface area contributed by atoms with E-state index in [0.717, 1.165) is 16.7 Å². The molecule has 3 aliphatic heterocycles. The Kier molecular flexibility index (Phi) is 4.60. The Morgan fingerprint density at radius 2 is 1.94 bits per heavy atom. The van der Waals surface area contributed by atoms with E-state index in [4.69, 9.17) is 14.2 Å². The topological polar surface area (TPSA) is 48.1 Å². The van der Waals surface area contributed by atoms with Crippen molar-refractivity contribution in [2.75, 3.05) is 13.7 Å². The number of morpholine rings is 1. The molecule has 3 aliphatic rings. The molecule has 0 N–H and O–H groups in total. The SMILES string of the molecule is [2H]C1(OC(=O)C(OC)(c2sccc2C)c2scc(C)c2C)CC2([2H])C3(C)OC3(C)C([2H])(C1([2H])[2H])[N+]2(CC)C(C)C. The molecule has 3 fully saturated rings. The normalized spacial score (nSPS) is 47.1. The van der Waals surface area contributed by atoms with Crippen LogP contribution in [-0.4, -0.2) is 59.5 Å². The summed E-state index contributed by atoms with van der Waals surface area (Å²) in [6, 6.07) is -2.16. The number of esters is 1. The number of piperidine rings is 1. The largest absolute Gasteiger partial charge is 0.459 e. The maximum absolute atomic E-state index is 14.6. The molecule has 3 saturated heterocycles. The van der Waals surface area contributed by atoms with Crippen molar-refractivity contribution in [1.82, 2.24) is 0 Å². The van der Waals surface area contributed by atoms with Crippen molar-refractivity contribution in [1.29, 1.82) is 0 Å². The smallest absolute Gasteiger partial charge is 0.349 e. The van der Waals surface area contributed by atoms with Crippen molar-refractivity contribution < 1.29 is 30.3 Å². The van der Waals surface area contributed by atoms with Gasteiger partial charge in [0.15, 0.2) is 11.2 Å². The van der Waals surface area contributed by atoms with Gasteiger partial charge in [-0.3, -0.25) is 0 Å². The lowest BCUT2D eigenvalue weighted by molar-refractivity contribution is -0.992. The van der Waals surface area contributed by atoms with Crippen LogP contribution < -0.4 is 0 Å². The van der Waals surface area contributed by atoms with E-state index in [0.29, 0.717) is 16.3 Å². The Balaban J connectivity index is 1.71. The number of methoxy groups -OCH3 is 1. The van der Waals surface area contributed by atoms with Crippen LogP contribution in [0.4, 0.5) is 0 Å². The summed E-state index contributed by atoms with van der Waals surface area (Å²) in [7, 11) is 1.42. The summed E-state index contributed by atoms with van der Waals surface area (Å²) in [5.74, 6) is -0.915.